The highest BCUT2D eigenvalue weighted by Gasteiger charge is 1.96. The first-order chi connectivity index (χ1) is 8.45. The van der Waals surface area contributed by atoms with Crippen molar-refractivity contribution in [2.45, 2.75) is 6.42 Å². The smallest absolute Gasteiger partial charge is 0.227 e. The van der Waals surface area contributed by atoms with Crippen LogP contribution in [0.3, 0.4) is 0 Å². The summed E-state index contributed by atoms with van der Waals surface area (Å²) < 4.78 is 4.87. The van der Waals surface area contributed by atoms with Crippen LogP contribution in [0, 0.1) is 11.8 Å². The number of hydrogen-bond acceptors (Lipinski definition) is 4. The molecule has 2 aromatic rings. The lowest BCUT2D eigenvalue weighted by atomic mass is 10.2. The van der Waals surface area contributed by atoms with Crippen molar-refractivity contribution in [3.8, 4) is 11.8 Å². The molecular weight excluding hydrogens is 214 g/mol. The zero-order valence-corrected chi connectivity index (χ0v) is 9.39. The molecule has 0 atom stereocenters. The second-order valence-electron chi connectivity index (χ2n) is 3.43. The highest BCUT2D eigenvalue weighted by atomic mass is 16.5. The van der Waals surface area contributed by atoms with Gasteiger partial charge in [0.1, 0.15) is 0 Å². The molecule has 2 rings (SSSR count). The molecule has 1 N–H and O–H groups in total. The Kier molecular flexibility index (Phi) is 4.32. The third-order valence-electron chi connectivity index (χ3n) is 2.14. The van der Waals surface area contributed by atoms with Crippen LogP contribution >= 0.6 is 0 Å². The van der Waals surface area contributed by atoms with E-state index < -0.39 is 0 Å². The Bertz CT molecular complexity index is 482. The molecule has 17 heavy (non-hydrogen) atoms. The van der Waals surface area contributed by atoms with Crippen molar-refractivity contribution in [3.63, 3.8) is 0 Å². The molecule has 0 aliphatic carbocycles. The maximum atomic E-state index is 4.87. The molecular formula is C13H13N3O. The van der Waals surface area contributed by atoms with E-state index in [-0.39, 0.29) is 0 Å². The number of hydrogen-bond donors (Lipinski definition) is 1. The van der Waals surface area contributed by atoms with Crippen LogP contribution in [-0.2, 0) is 6.42 Å². The van der Waals surface area contributed by atoms with Crippen LogP contribution < -0.4 is 5.32 Å². The molecule has 0 fully saturated rings. The van der Waals surface area contributed by atoms with Crippen LogP contribution in [0.5, 0.6) is 0 Å². The topological polar surface area (TPSA) is 51.0 Å². The van der Waals surface area contributed by atoms with Crippen molar-refractivity contribution in [1.82, 2.24) is 15.5 Å². The van der Waals surface area contributed by atoms with Crippen molar-refractivity contribution in [2.75, 3.05) is 13.1 Å². The second-order valence-corrected chi connectivity index (χ2v) is 3.43. The minimum absolute atomic E-state index is 0.647. The number of rotatable bonds is 4. The molecule has 0 amide bonds. The molecule has 4 nitrogen and oxygen atoms in total. The molecule has 4 heteroatoms. The lowest BCUT2D eigenvalue weighted by molar-refractivity contribution is 0.376. The number of nitrogens with zero attached hydrogens (tertiary/aromatic N) is 2. The van der Waals surface area contributed by atoms with Gasteiger partial charge in [0.05, 0.1) is 6.54 Å². The lowest BCUT2D eigenvalue weighted by Gasteiger charge is -1.95. The SMILES string of the molecule is C(#Cc1ccccc1)CNCCc1ncno1. The first-order valence-corrected chi connectivity index (χ1v) is 5.45. The summed E-state index contributed by atoms with van der Waals surface area (Å²) in [5.74, 6) is 6.78. The maximum absolute atomic E-state index is 4.87. The molecule has 1 aromatic carbocycles. The number of aromatic nitrogens is 2. The predicted octanol–water partition coefficient (Wildman–Crippen LogP) is 1.25. The summed E-state index contributed by atoms with van der Waals surface area (Å²) in [6.45, 7) is 1.44. The van der Waals surface area contributed by atoms with Crippen molar-refractivity contribution < 1.29 is 4.52 Å². The van der Waals surface area contributed by atoms with E-state index in [1.165, 1.54) is 6.33 Å². The average Bonchev–Trinajstić information content (AvgIpc) is 2.88. The van der Waals surface area contributed by atoms with E-state index in [0.29, 0.717) is 12.4 Å². The zero-order chi connectivity index (χ0) is 11.8. The van der Waals surface area contributed by atoms with E-state index in [0.717, 1.165) is 18.5 Å². The summed E-state index contributed by atoms with van der Waals surface area (Å²) in [5.41, 5.74) is 1.03. The molecule has 0 spiro atoms. The van der Waals surface area contributed by atoms with Crippen LogP contribution in [0.25, 0.3) is 0 Å². The monoisotopic (exact) mass is 227 g/mol. The molecule has 0 radical (unpaired) electrons. The number of nitrogens with one attached hydrogen (secondary N) is 1. The molecule has 0 unspecified atom stereocenters. The molecule has 0 saturated heterocycles. The van der Waals surface area contributed by atoms with Gasteiger partial charge in [-0.1, -0.05) is 35.2 Å². The van der Waals surface area contributed by atoms with Gasteiger partial charge in [-0.15, -0.1) is 0 Å². The van der Waals surface area contributed by atoms with Gasteiger partial charge in [0.2, 0.25) is 5.89 Å². The quantitative estimate of drug-likeness (QED) is 0.631. The Labute approximate surface area is 100 Å². The van der Waals surface area contributed by atoms with Crippen LogP contribution in [0.1, 0.15) is 11.5 Å². The van der Waals surface area contributed by atoms with E-state index in [4.69, 9.17) is 4.52 Å². The summed E-state index contributed by atoms with van der Waals surface area (Å²) in [6, 6.07) is 9.92. The summed E-state index contributed by atoms with van der Waals surface area (Å²) in [7, 11) is 0. The molecule has 1 aromatic heterocycles. The fraction of sp³-hybridized carbons (Fsp3) is 0.231. The Morgan fingerprint density at radius 1 is 1.24 bits per heavy atom. The van der Waals surface area contributed by atoms with E-state index >= 15 is 0 Å². The first kappa shape index (κ1) is 11.4. The minimum atomic E-state index is 0.647. The van der Waals surface area contributed by atoms with Crippen molar-refractivity contribution in [1.29, 1.82) is 0 Å². The van der Waals surface area contributed by atoms with Gasteiger partial charge >= 0.3 is 0 Å². The van der Waals surface area contributed by atoms with E-state index in [2.05, 4.69) is 27.3 Å². The van der Waals surface area contributed by atoms with Gasteiger partial charge in [0, 0.05) is 18.5 Å². The molecule has 0 bridgehead atoms. The van der Waals surface area contributed by atoms with Crippen LogP contribution in [-0.4, -0.2) is 23.2 Å². The third kappa shape index (κ3) is 4.09. The van der Waals surface area contributed by atoms with Gasteiger partial charge < -0.3 is 9.84 Å². The second kappa shape index (κ2) is 6.46. The lowest BCUT2D eigenvalue weighted by Crippen LogP contribution is -2.17. The Morgan fingerprint density at radius 2 is 2.12 bits per heavy atom. The Morgan fingerprint density at radius 3 is 2.88 bits per heavy atom. The van der Waals surface area contributed by atoms with Gasteiger partial charge in [0.25, 0.3) is 0 Å². The third-order valence-corrected chi connectivity index (χ3v) is 2.14. The molecule has 0 aliphatic heterocycles. The van der Waals surface area contributed by atoms with Gasteiger partial charge in [0.15, 0.2) is 6.33 Å². The predicted molar refractivity (Wildman–Crippen MR) is 64.2 cm³/mol. The highest BCUT2D eigenvalue weighted by Crippen LogP contribution is 1.94. The number of benzene rings is 1. The van der Waals surface area contributed by atoms with Crippen LogP contribution in [0.2, 0.25) is 0 Å². The summed E-state index contributed by atoms with van der Waals surface area (Å²) in [6.07, 6.45) is 2.14. The van der Waals surface area contributed by atoms with Crippen molar-refractivity contribution in [2.24, 2.45) is 0 Å². The standard InChI is InChI=1S/C13H13N3O/c1-2-5-12(6-3-1)7-4-9-14-10-8-13-15-11-16-17-13/h1-3,5-6,11,14H,8-10H2. The summed E-state index contributed by atoms with van der Waals surface area (Å²) in [5, 5.41) is 6.73. The fourth-order valence-electron chi connectivity index (χ4n) is 1.32. The van der Waals surface area contributed by atoms with E-state index in [9.17, 15) is 0 Å². The fourth-order valence-corrected chi connectivity index (χ4v) is 1.32. The highest BCUT2D eigenvalue weighted by molar-refractivity contribution is 5.33. The summed E-state index contributed by atoms with van der Waals surface area (Å²) in [4.78, 5) is 3.93. The van der Waals surface area contributed by atoms with Crippen molar-refractivity contribution >= 4 is 0 Å². The van der Waals surface area contributed by atoms with Crippen LogP contribution in [0.15, 0.2) is 41.2 Å². The maximum Gasteiger partial charge on any atom is 0.227 e. The van der Waals surface area contributed by atoms with Gasteiger partial charge in [-0.05, 0) is 12.1 Å². The normalized spacial score (nSPS) is 9.65. The molecule has 1 heterocycles. The Balaban J connectivity index is 1.65. The van der Waals surface area contributed by atoms with Gasteiger partial charge in [-0.25, -0.2) is 0 Å². The largest absolute Gasteiger partial charge is 0.340 e. The molecule has 86 valence electrons. The summed E-state index contributed by atoms with van der Waals surface area (Å²) >= 11 is 0. The average molecular weight is 227 g/mol. The van der Waals surface area contributed by atoms with E-state index in [1.807, 2.05) is 30.3 Å². The minimum Gasteiger partial charge on any atom is -0.340 e. The molecule has 0 aliphatic rings. The Hall–Kier alpha value is -2.12. The van der Waals surface area contributed by atoms with E-state index in [1.54, 1.807) is 0 Å². The molecule has 0 saturated carbocycles. The van der Waals surface area contributed by atoms with Gasteiger partial charge in [-0.2, -0.15) is 4.98 Å². The van der Waals surface area contributed by atoms with Crippen LogP contribution in [0.4, 0.5) is 0 Å². The first-order valence-electron chi connectivity index (χ1n) is 5.45. The van der Waals surface area contributed by atoms with Crippen molar-refractivity contribution in [3.05, 3.63) is 48.1 Å². The zero-order valence-electron chi connectivity index (χ0n) is 9.39. The van der Waals surface area contributed by atoms with Gasteiger partial charge in [-0.3, -0.25) is 0 Å².